The highest BCUT2D eigenvalue weighted by Gasteiger charge is 2.26. The van der Waals surface area contributed by atoms with Gasteiger partial charge in [0.25, 0.3) is 0 Å². The van der Waals surface area contributed by atoms with E-state index in [1.807, 2.05) is 24.0 Å². The van der Waals surface area contributed by atoms with Crippen LogP contribution >= 0.6 is 0 Å². The van der Waals surface area contributed by atoms with E-state index in [4.69, 9.17) is 4.98 Å². The molecule has 1 aromatic carbocycles. The molecule has 5 rings (SSSR count). The number of pyridine rings is 1. The topological polar surface area (TPSA) is 85.2 Å². The number of aryl methyl sites for hydroxylation is 2. The second-order valence-corrected chi connectivity index (χ2v) is 7.58. The summed E-state index contributed by atoms with van der Waals surface area (Å²) in [5.41, 5.74) is 8.81. The zero-order valence-electron chi connectivity index (χ0n) is 16.7. The van der Waals surface area contributed by atoms with Gasteiger partial charge in [0.2, 0.25) is 0 Å². The predicted molar refractivity (Wildman–Crippen MR) is 111 cm³/mol. The van der Waals surface area contributed by atoms with Gasteiger partial charge in [-0.2, -0.15) is 5.10 Å². The van der Waals surface area contributed by atoms with E-state index < -0.39 is 0 Å². The van der Waals surface area contributed by atoms with Gasteiger partial charge in [0.1, 0.15) is 0 Å². The Morgan fingerprint density at radius 3 is 2.55 bits per heavy atom. The summed E-state index contributed by atoms with van der Waals surface area (Å²) in [4.78, 5) is 5.19. The monoisotopic (exact) mass is 385 g/mol. The summed E-state index contributed by atoms with van der Waals surface area (Å²) in [5.74, 6) is 0.640. The Hall–Kier alpha value is -3.35. The van der Waals surface area contributed by atoms with Crippen molar-refractivity contribution < 1.29 is 0 Å². The first-order valence-corrected chi connectivity index (χ1v) is 10.1. The van der Waals surface area contributed by atoms with E-state index in [9.17, 15) is 0 Å². The van der Waals surface area contributed by atoms with Gasteiger partial charge < -0.3 is 0 Å². The molecule has 0 atom stereocenters. The van der Waals surface area contributed by atoms with Gasteiger partial charge in [-0.15, -0.1) is 5.10 Å². The van der Waals surface area contributed by atoms with E-state index in [2.05, 4.69) is 56.9 Å². The van der Waals surface area contributed by atoms with E-state index in [0.29, 0.717) is 5.82 Å². The summed E-state index contributed by atoms with van der Waals surface area (Å²) >= 11 is 0. The maximum Gasteiger partial charge on any atom is 0.182 e. The number of tetrazole rings is 1. The summed E-state index contributed by atoms with van der Waals surface area (Å²) in [5, 5.41) is 19.4. The molecule has 1 aliphatic rings. The summed E-state index contributed by atoms with van der Waals surface area (Å²) in [6.07, 6.45) is 7.48. The van der Waals surface area contributed by atoms with E-state index in [1.165, 1.54) is 41.6 Å². The molecule has 7 heteroatoms. The van der Waals surface area contributed by atoms with Crippen LogP contribution in [0.2, 0.25) is 0 Å². The Morgan fingerprint density at radius 2 is 1.83 bits per heavy atom. The number of H-pyrrole nitrogens is 1. The number of nitrogens with one attached hydrogen (secondary N) is 1. The van der Waals surface area contributed by atoms with Crippen molar-refractivity contribution in [3.05, 3.63) is 53.5 Å². The van der Waals surface area contributed by atoms with Crippen molar-refractivity contribution in [2.24, 2.45) is 7.05 Å². The van der Waals surface area contributed by atoms with Gasteiger partial charge in [-0.25, -0.2) is 5.10 Å². The number of fused-ring (bicyclic) bond motifs is 1. The Labute approximate surface area is 169 Å². The molecule has 3 heterocycles. The molecule has 146 valence electrons. The van der Waals surface area contributed by atoms with Crippen molar-refractivity contribution >= 4 is 0 Å². The van der Waals surface area contributed by atoms with Crippen molar-refractivity contribution in [3.63, 3.8) is 0 Å². The molecule has 0 spiro atoms. The first-order valence-electron chi connectivity index (χ1n) is 10.1. The van der Waals surface area contributed by atoms with Crippen LogP contribution in [0.15, 0.2) is 36.5 Å². The van der Waals surface area contributed by atoms with Gasteiger partial charge in [0.15, 0.2) is 5.82 Å². The van der Waals surface area contributed by atoms with Crippen LogP contribution in [0.3, 0.4) is 0 Å². The summed E-state index contributed by atoms with van der Waals surface area (Å²) in [7, 11) is 1.95. The molecule has 29 heavy (non-hydrogen) atoms. The highest BCUT2D eigenvalue weighted by molar-refractivity contribution is 5.92. The van der Waals surface area contributed by atoms with Gasteiger partial charge in [0, 0.05) is 24.0 Å². The van der Waals surface area contributed by atoms with Crippen molar-refractivity contribution in [1.29, 1.82) is 0 Å². The predicted octanol–water partition coefficient (Wildman–Crippen LogP) is 3.91. The van der Waals surface area contributed by atoms with Gasteiger partial charge in [-0.1, -0.05) is 36.8 Å². The molecule has 4 aromatic rings. The summed E-state index contributed by atoms with van der Waals surface area (Å²) in [6.45, 7) is 2.07. The maximum absolute atomic E-state index is 5.19. The number of benzene rings is 1. The Bertz CT molecular complexity index is 1140. The van der Waals surface area contributed by atoms with E-state index in [-0.39, 0.29) is 0 Å². The quantitative estimate of drug-likeness (QED) is 0.541. The third-order valence-corrected chi connectivity index (χ3v) is 5.86. The zero-order valence-corrected chi connectivity index (χ0v) is 16.7. The van der Waals surface area contributed by atoms with E-state index in [1.54, 1.807) is 0 Å². The van der Waals surface area contributed by atoms with E-state index >= 15 is 0 Å². The molecule has 0 bridgehead atoms. The number of aromatic amines is 1. The van der Waals surface area contributed by atoms with Gasteiger partial charge in [-0.3, -0.25) is 9.67 Å². The molecule has 0 saturated carbocycles. The largest absolute Gasteiger partial charge is 0.272 e. The average molecular weight is 385 g/mol. The smallest absolute Gasteiger partial charge is 0.182 e. The number of nitrogens with zero attached hydrogens (tertiary/aromatic N) is 6. The summed E-state index contributed by atoms with van der Waals surface area (Å²) in [6, 6.07) is 10.5. The fourth-order valence-corrected chi connectivity index (χ4v) is 4.26. The molecular weight excluding hydrogens is 362 g/mol. The van der Waals surface area contributed by atoms with Crippen molar-refractivity contribution in [2.45, 2.75) is 39.0 Å². The molecule has 0 radical (unpaired) electrons. The molecule has 0 saturated heterocycles. The highest BCUT2D eigenvalue weighted by Crippen LogP contribution is 2.42. The molecule has 3 aromatic heterocycles. The van der Waals surface area contributed by atoms with Crippen LogP contribution in [-0.2, 0) is 19.9 Å². The van der Waals surface area contributed by atoms with Gasteiger partial charge in [-0.05, 0) is 59.7 Å². The fourth-order valence-electron chi connectivity index (χ4n) is 4.26. The zero-order chi connectivity index (χ0) is 19.8. The standard InChI is InChI=1S/C22H23N7/c1-14-17(13-23-29(14)2)21-20(22-25-27-28-26-22)19(15-9-5-3-6-10-15)16-11-7-4-8-12-18(16)24-21/h3,5-6,9-10,13H,4,7-8,11-12H2,1-2H3,(H,25,26,27,28). The minimum Gasteiger partial charge on any atom is -0.272 e. The SMILES string of the molecule is Cc1c(-c2nc3c(c(-c4ccccc4)c2-c2nnn[nH]2)CCCCC3)cnn1C. The third kappa shape index (κ3) is 3.03. The Morgan fingerprint density at radius 1 is 1.00 bits per heavy atom. The maximum atomic E-state index is 5.19. The van der Waals surface area contributed by atoms with Crippen molar-refractivity contribution in [1.82, 2.24) is 35.4 Å². The second-order valence-electron chi connectivity index (χ2n) is 7.58. The first kappa shape index (κ1) is 17.7. The number of hydrogen-bond donors (Lipinski definition) is 1. The second kappa shape index (κ2) is 7.24. The fraction of sp³-hybridized carbons (Fsp3) is 0.318. The normalized spacial score (nSPS) is 13.9. The molecule has 1 aliphatic carbocycles. The third-order valence-electron chi connectivity index (χ3n) is 5.86. The van der Waals surface area contributed by atoms with Crippen LogP contribution in [0.25, 0.3) is 33.8 Å². The molecule has 1 N–H and O–H groups in total. The van der Waals surface area contributed by atoms with Crippen molar-refractivity contribution in [3.8, 4) is 33.8 Å². The molecule has 0 amide bonds. The minimum absolute atomic E-state index is 0.640. The molecule has 7 nitrogen and oxygen atoms in total. The lowest BCUT2D eigenvalue weighted by Gasteiger charge is -2.19. The van der Waals surface area contributed by atoms with Crippen LogP contribution in [0.1, 0.15) is 36.2 Å². The minimum atomic E-state index is 0.640. The van der Waals surface area contributed by atoms with Crippen LogP contribution in [0, 0.1) is 6.92 Å². The van der Waals surface area contributed by atoms with Crippen LogP contribution in [0.5, 0.6) is 0 Å². The van der Waals surface area contributed by atoms with E-state index in [0.717, 1.165) is 35.4 Å². The number of rotatable bonds is 3. The van der Waals surface area contributed by atoms with Gasteiger partial charge in [0.05, 0.1) is 17.5 Å². The van der Waals surface area contributed by atoms with Crippen molar-refractivity contribution in [2.75, 3.05) is 0 Å². The molecule has 0 aliphatic heterocycles. The summed E-state index contributed by atoms with van der Waals surface area (Å²) < 4.78 is 1.88. The first-order chi connectivity index (χ1) is 14.2. The average Bonchev–Trinajstić information content (AvgIpc) is 3.32. The molecule has 0 unspecified atom stereocenters. The lowest BCUT2D eigenvalue weighted by Crippen LogP contribution is -2.06. The Balaban J connectivity index is 1.91. The highest BCUT2D eigenvalue weighted by atomic mass is 15.5. The van der Waals surface area contributed by atoms with Gasteiger partial charge >= 0.3 is 0 Å². The Kier molecular flexibility index (Phi) is 4.42. The molecular formula is C22H23N7. The van der Waals surface area contributed by atoms with Crippen LogP contribution < -0.4 is 0 Å². The lowest BCUT2D eigenvalue weighted by atomic mass is 9.88. The molecule has 0 fully saturated rings. The number of hydrogen-bond acceptors (Lipinski definition) is 5. The lowest BCUT2D eigenvalue weighted by molar-refractivity contribution is 0.709. The van der Waals surface area contributed by atoms with Crippen LogP contribution in [0.4, 0.5) is 0 Å². The van der Waals surface area contributed by atoms with Crippen LogP contribution in [-0.4, -0.2) is 35.4 Å². The number of aromatic nitrogens is 7.